The molecule has 138 valence electrons. The standard InChI is InChI=1S/C23H24N2O2/c1-2-17-3-5-18(6-4-17)7-8-20-11-14-22(25-16-20)23(26)27-21-12-9-19(15-24)10-13-21/h7-14,16-18H,2-6H2,1H3/b8-7+. The van der Waals surface area contributed by atoms with Crippen LogP contribution in [0.4, 0.5) is 0 Å². The summed E-state index contributed by atoms with van der Waals surface area (Å²) in [4.78, 5) is 16.4. The maximum absolute atomic E-state index is 12.2. The fourth-order valence-electron chi connectivity index (χ4n) is 3.42. The summed E-state index contributed by atoms with van der Waals surface area (Å²) < 4.78 is 5.29. The molecule has 0 amide bonds. The maximum Gasteiger partial charge on any atom is 0.362 e. The summed E-state index contributed by atoms with van der Waals surface area (Å²) in [6.07, 6.45) is 12.5. The number of rotatable bonds is 5. The van der Waals surface area contributed by atoms with E-state index in [1.165, 1.54) is 32.1 Å². The number of carbonyl (C=O) groups is 1. The summed E-state index contributed by atoms with van der Waals surface area (Å²) in [6, 6.07) is 12.0. The molecule has 1 aliphatic rings. The van der Waals surface area contributed by atoms with Crippen molar-refractivity contribution in [2.75, 3.05) is 0 Å². The van der Waals surface area contributed by atoms with Crippen LogP contribution in [-0.4, -0.2) is 11.0 Å². The van der Waals surface area contributed by atoms with Crippen molar-refractivity contribution < 1.29 is 9.53 Å². The first-order chi connectivity index (χ1) is 13.2. The van der Waals surface area contributed by atoms with Gasteiger partial charge in [0.1, 0.15) is 11.4 Å². The predicted molar refractivity (Wildman–Crippen MR) is 105 cm³/mol. The Morgan fingerprint density at radius 3 is 2.52 bits per heavy atom. The Labute approximate surface area is 160 Å². The Hall–Kier alpha value is -2.93. The van der Waals surface area contributed by atoms with Crippen LogP contribution in [-0.2, 0) is 0 Å². The van der Waals surface area contributed by atoms with Gasteiger partial charge in [-0.1, -0.05) is 31.6 Å². The molecular formula is C23H24N2O2. The van der Waals surface area contributed by atoms with Crippen LogP contribution in [0.25, 0.3) is 6.08 Å². The van der Waals surface area contributed by atoms with Gasteiger partial charge >= 0.3 is 5.97 Å². The quantitative estimate of drug-likeness (QED) is 0.529. The van der Waals surface area contributed by atoms with Crippen molar-refractivity contribution in [1.29, 1.82) is 5.26 Å². The average molecular weight is 360 g/mol. The van der Waals surface area contributed by atoms with Gasteiger partial charge in [0, 0.05) is 6.20 Å². The van der Waals surface area contributed by atoms with Crippen LogP contribution < -0.4 is 4.74 Å². The van der Waals surface area contributed by atoms with Gasteiger partial charge in [0.2, 0.25) is 0 Å². The molecule has 1 saturated carbocycles. The molecule has 1 aromatic heterocycles. The minimum absolute atomic E-state index is 0.264. The Balaban J connectivity index is 1.55. The molecule has 0 bridgehead atoms. The molecule has 0 aliphatic heterocycles. The molecule has 4 heteroatoms. The van der Waals surface area contributed by atoms with Gasteiger partial charge in [-0.25, -0.2) is 9.78 Å². The molecule has 0 radical (unpaired) electrons. The zero-order valence-electron chi connectivity index (χ0n) is 15.6. The minimum Gasteiger partial charge on any atom is -0.422 e. The van der Waals surface area contributed by atoms with Crippen LogP contribution in [0.1, 0.15) is 60.6 Å². The monoisotopic (exact) mass is 360 g/mol. The zero-order valence-corrected chi connectivity index (χ0v) is 15.6. The van der Waals surface area contributed by atoms with E-state index >= 15 is 0 Å². The molecule has 0 spiro atoms. The summed E-state index contributed by atoms with van der Waals surface area (Å²) in [6.45, 7) is 2.28. The van der Waals surface area contributed by atoms with E-state index in [0.717, 1.165) is 11.5 Å². The molecule has 3 rings (SSSR count). The SMILES string of the molecule is CCC1CCC(/C=C/c2ccc(C(=O)Oc3ccc(C#N)cc3)nc2)CC1. The van der Waals surface area contributed by atoms with Crippen LogP contribution in [0.5, 0.6) is 5.75 Å². The number of carbonyl (C=O) groups excluding carboxylic acids is 1. The lowest BCUT2D eigenvalue weighted by atomic mass is 9.80. The highest BCUT2D eigenvalue weighted by atomic mass is 16.5. The van der Waals surface area contributed by atoms with E-state index in [0.29, 0.717) is 17.2 Å². The Morgan fingerprint density at radius 2 is 1.93 bits per heavy atom. The second-order valence-electron chi connectivity index (χ2n) is 7.05. The smallest absolute Gasteiger partial charge is 0.362 e. The van der Waals surface area contributed by atoms with E-state index in [1.807, 2.05) is 12.1 Å². The normalized spacial score (nSPS) is 19.6. The summed E-state index contributed by atoms with van der Waals surface area (Å²) in [5.41, 5.74) is 1.77. The highest BCUT2D eigenvalue weighted by Gasteiger charge is 2.17. The Morgan fingerprint density at radius 1 is 1.19 bits per heavy atom. The lowest BCUT2D eigenvalue weighted by Gasteiger charge is -2.25. The molecule has 27 heavy (non-hydrogen) atoms. The number of hydrogen-bond donors (Lipinski definition) is 0. The van der Waals surface area contributed by atoms with Gasteiger partial charge < -0.3 is 4.74 Å². The van der Waals surface area contributed by atoms with Crippen LogP contribution in [0.15, 0.2) is 48.7 Å². The average Bonchev–Trinajstić information content (AvgIpc) is 2.73. The molecule has 0 N–H and O–H groups in total. The number of benzene rings is 1. The number of hydrogen-bond acceptors (Lipinski definition) is 4. The summed E-state index contributed by atoms with van der Waals surface area (Å²) in [5.74, 6) is 1.44. The zero-order chi connectivity index (χ0) is 19.1. The Kier molecular flexibility index (Phi) is 6.38. The highest BCUT2D eigenvalue weighted by molar-refractivity contribution is 5.89. The van der Waals surface area contributed by atoms with E-state index in [4.69, 9.17) is 10.00 Å². The van der Waals surface area contributed by atoms with E-state index in [9.17, 15) is 4.79 Å². The molecule has 1 fully saturated rings. The van der Waals surface area contributed by atoms with Crippen molar-refractivity contribution in [3.8, 4) is 11.8 Å². The van der Waals surface area contributed by atoms with E-state index < -0.39 is 5.97 Å². The second kappa shape index (κ2) is 9.14. The van der Waals surface area contributed by atoms with Crippen molar-refractivity contribution in [2.45, 2.75) is 39.0 Å². The molecule has 1 heterocycles. The molecular weight excluding hydrogens is 336 g/mol. The van der Waals surface area contributed by atoms with Gasteiger partial charge in [0.05, 0.1) is 11.6 Å². The molecule has 0 unspecified atom stereocenters. The van der Waals surface area contributed by atoms with Gasteiger partial charge in [0.25, 0.3) is 0 Å². The van der Waals surface area contributed by atoms with E-state index in [-0.39, 0.29) is 5.69 Å². The number of nitriles is 1. The predicted octanol–water partition coefficient (Wildman–Crippen LogP) is 5.40. The summed E-state index contributed by atoms with van der Waals surface area (Å²) in [5, 5.41) is 8.79. The first-order valence-electron chi connectivity index (χ1n) is 9.54. The highest BCUT2D eigenvalue weighted by Crippen LogP contribution is 2.31. The molecule has 0 atom stereocenters. The number of ether oxygens (including phenoxy) is 1. The Bertz CT molecular complexity index is 824. The fourth-order valence-corrected chi connectivity index (χ4v) is 3.42. The van der Waals surface area contributed by atoms with Gasteiger partial charge in [-0.3, -0.25) is 0 Å². The number of allylic oxidation sites excluding steroid dienone is 1. The number of pyridine rings is 1. The number of aromatic nitrogens is 1. The van der Waals surface area contributed by atoms with Crippen molar-refractivity contribution in [1.82, 2.24) is 4.98 Å². The summed E-state index contributed by atoms with van der Waals surface area (Å²) >= 11 is 0. The van der Waals surface area contributed by atoms with Gasteiger partial charge in [0.15, 0.2) is 0 Å². The fraction of sp³-hybridized carbons (Fsp3) is 0.348. The molecule has 1 aromatic carbocycles. The van der Waals surface area contributed by atoms with E-state index in [1.54, 1.807) is 36.5 Å². The van der Waals surface area contributed by atoms with Crippen molar-refractivity contribution in [3.05, 3.63) is 65.5 Å². The first-order valence-corrected chi connectivity index (χ1v) is 9.54. The lowest BCUT2D eigenvalue weighted by molar-refractivity contribution is 0.0728. The second-order valence-corrected chi connectivity index (χ2v) is 7.05. The largest absolute Gasteiger partial charge is 0.422 e. The topological polar surface area (TPSA) is 63.0 Å². The lowest BCUT2D eigenvalue weighted by Crippen LogP contribution is -2.12. The third-order valence-corrected chi connectivity index (χ3v) is 5.22. The van der Waals surface area contributed by atoms with Crippen molar-refractivity contribution >= 4 is 12.0 Å². The van der Waals surface area contributed by atoms with Crippen LogP contribution in [0, 0.1) is 23.2 Å². The van der Waals surface area contributed by atoms with E-state index in [2.05, 4.69) is 24.1 Å². The summed E-state index contributed by atoms with van der Waals surface area (Å²) in [7, 11) is 0. The van der Waals surface area contributed by atoms with Gasteiger partial charge in [-0.2, -0.15) is 5.26 Å². The van der Waals surface area contributed by atoms with Crippen molar-refractivity contribution in [2.24, 2.45) is 11.8 Å². The molecule has 2 aromatic rings. The van der Waals surface area contributed by atoms with Crippen LogP contribution in [0.2, 0.25) is 0 Å². The molecule has 1 aliphatic carbocycles. The van der Waals surface area contributed by atoms with Crippen molar-refractivity contribution in [3.63, 3.8) is 0 Å². The van der Waals surface area contributed by atoms with Gasteiger partial charge in [-0.05, 0) is 73.4 Å². The first kappa shape index (κ1) is 18.8. The van der Waals surface area contributed by atoms with Crippen LogP contribution >= 0.6 is 0 Å². The van der Waals surface area contributed by atoms with Crippen LogP contribution in [0.3, 0.4) is 0 Å². The number of esters is 1. The third-order valence-electron chi connectivity index (χ3n) is 5.22. The third kappa shape index (κ3) is 5.27. The molecule has 4 nitrogen and oxygen atoms in total. The maximum atomic E-state index is 12.2. The minimum atomic E-state index is -0.506. The molecule has 0 saturated heterocycles. The number of nitrogens with zero attached hydrogens (tertiary/aromatic N) is 2. The van der Waals surface area contributed by atoms with Gasteiger partial charge in [-0.15, -0.1) is 0 Å².